The first-order valence-corrected chi connectivity index (χ1v) is 4.57. The summed E-state index contributed by atoms with van der Waals surface area (Å²) in [5.74, 6) is 0.416. The van der Waals surface area contributed by atoms with Crippen LogP contribution in [0.25, 0.3) is 0 Å². The number of carbonyl (C=O) groups excluding carboxylic acids is 1. The lowest BCUT2D eigenvalue weighted by atomic mass is 9.94. The van der Waals surface area contributed by atoms with Crippen molar-refractivity contribution in [1.82, 2.24) is 5.32 Å². The molecule has 0 atom stereocenters. The molecule has 1 aliphatic rings. The zero-order valence-corrected chi connectivity index (χ0v) is 7.64. The minimum Gasteiger partial charge on any atom is -0.383 e. The van der Waals surface area contributed by atoms with Gasteiger partial charge in [0.25, 0.3) is 0 Å². The SMILES string of the molecule is COCCNC1CCC(=O)CC1. The van der Waals surface area contributed by atoms with Crippen molar-refractivity contribution in [3.63, 3.8) is 0 Å². The van der Waals surface area contributed by atoms with Gasteiger partial charge in [0.05, 0.1) is 6.61 Å². The van der Waals surface area contributed by atoms with Crippen LogP contribution in [0.3, 0.4) is 0 Å². The molecule has 0 bridgehead atoms. The maximum atomic E-state index is 10.9. The van der Waals surface area contributed by atoms with Gasteiger partial charge < -0.3 is 10.1 Å². The molecular formula is C9H17NO2. The van der Waals surface area contributed by atoms with E-state index in [-0.39, 0.29) is 0 Å². The predicted molar refractivity (Wildman–Crippen MR) is 47.1 cm³/mol. The lowest BCUT2D eigenvalue weighted by molar-refractivity contribution is -0.120. The van der Waals surface area contributed by atoms with Gasteiger partial charge in [0.1, 0.15) is 5.78 Å². The van der Waals surface area contributed by atoms with Crippen LogP contribution in [-0.4, -0.2) is 32.1 Å². The summed E-state index contributed by atoms with van der Waals surface area (Å²) in [5, 5.41) is 3.37. The molecule has 0 unspecified atom stereocenters. The maximum absolute atomic E-state index is 10.9. The number of Topliss-reactive ketones (excluding diaryl/α,β-unsaturated/α-hetero) is 1. The van der Waals surface area contributed by atoms with Gasteiger partial charge in [0.2, 0.25) is 0 Å². The van der Waals surface area contributed by atoms with Gasteiger partial charge in [-0.2, -0.15) is 0 Å². The Labute approximate surface area is 73.5 Å². The smallest absolute Gasteiger partial charge is 0.133 e. The first-order chi connectivity index (χ1) is 5.83. The molecule has 70 valence electrons. The Hall–Kier alpha value is -0.410. The molecule has 1 rings (SSSR count). The fourth-order valence-corrected chi connectivity index (χ4v) is 1.51. The van der Waals surface area contributed by atoms with E-state index in [2.05, 4.69) is 5.32 Å². The number of ketones is 1. The molecule has 1 N–H and O–H groups in total. The van der Waals surface area contributed by atoms with Crippen molar-refractivity contribution in [3.05, 3.63) is 0 Å². The Morgan fingerprint density at radius 2 is 2.17 bits per heavy atom. The first kappa shape index (κ1) is 9.68. The molecule has 1 fully saturated rings. The summed E-state index contributed by atoms with van der Waals surface area (Å²) in [6.07, 6.45) is 3.51. The minimum absolute atomic E-state index is 0.416. The van der Waals surface area contributed by atoms with Crippen LogP contribution in [0.2, 0.25) is 0 Å². The Kier molecular flexibility index (Phi) is 4.25. The molecule has 1 aliphatic carbocycles. The molecule has 1 saturated carbocycles. The number of hydrogen-bond acceptors (Lipinski definition) is 3. The predicted octanol–water partition coefficient (Wildman–Crippen LogP) is 0.734. The van der Waals surface area contributed by atoms with E-state index in [1.165, 1.54) is 0 Å². The van der Waals surface area contributed by atoms with E-state index < -0.39 is 0 Å². The summed E-state index contributed by atoms with van der Waals surface area (Å²) in [4.78, 5) is 10.9. The van der Waals surface area contributed by atoms with Gasteiger partial charge in [-0.05, 0) is 12.8 Å². The van der Waals surface area contributed by atoms with E-state index in [9.17, 15) is 4.79 Å². The second-order valence-corrected chi connectivity index (χ2v) is 3.26. The molecule has 0 heterocycles. The lowest BCUT2D eigenvalue weighted by Crippen LogP contribution is -2.35. The quantitative estimate of drug-likeness (QED) is 0.634. The van der Waals surface area contributed by atoms with Crippen molar-refractivity contribution in [2.45, 2.75) is 31.7 Å². The molecular weight excluding hydrogens is 154 g/mol. The summed E-state index contributed by atoms with van der Waals surface area (Å²) in [5.41, 5.74) is 0. The van der Waals surface area contributed by atoms with E-state index >= 15 is 0 Å². The molecule has 0 saturated heterocycles. The van der Waals surface area contributed by atoms with Crippen molar-refractivity contribution in [2.24, 2.45) is 0 Å². The highest BCUT2D eigenvalue weighted by Gasteiger charge is 2.17. The largest absolute Gasteiger partial charge is 0.383 e. The fourth-order valence-electron chi connectivity index (χ4n) is 1.51. The van der Waals surface area contributed by atoms with Crippen LogP contribution in [0, 0.1) is 0 Å². The van der Waals surface area contributed by atoms with Crippen LogP contribution in [-0.2, 0) is 9.53 Å². The van der Waals surface area contributed by atoms with Crippen molar-refractivity contribution in [2.75, 3.05) is 20.3 Å². The summed E-state index contributed by atoms with van der Waals surface area (Å²) in [6, 6.07) is 0.540. The molecule has 12 heavy (non-hydrogen) atoms. The molecule has 0 radical (unpaired) electrons. The summed E-state index contributed by atoms with van der Waals surface area (Å²) in [7, 11) is 1.70. The van der Waals surface area contributed by atoms with Gasteiger partial charge >= 0.3 is 0 Å². The molecule has 3 nitrogen and oxygen atoms in total. The highest BCUT2D eigenvalue weighted by Crippen LogP contribution is 2.14. The Bertz CT molecular complexity index is 137. The van der Waals surface area contributed by atoms with Gasteiger partial charge in [-0.3, -0.25) is 4.79 Å². The zero-order valence-electron chi connectivity index (χ0n) is 7.64. The van der Waals surface area contributed by atoms with Gasteiger partial charge in [-0.25, -0.2) is 0 Å². The number of methoxy groups -OCH3 is 1. The number of hydrogen-bond donors (Lipinski definition) is 1. The molecule has 3 heteroatoms. The zero-order chi connectivity index (χ0) is 8.81. The number of rotatable bonds is 4. The summed E-state index contributed by atoms with van der Waals surface area (Å²) >= 11 is 0. The van der Waals surface area contributed by atoms with Gasteiger partial charge in [-0.1, -0.05) is 0 Å². The van der Waals surface area contributed by atoms with Crippen molar-refractivity contribution in [3.8, 4) is 0 Å². The Morgan fingerprint density at radius 1 is 1.50 bits per heavy atom. The lowest BCUT2D eigenvalue weighted by Gasteiger charge is -2.21. The van der Waals surface area contributed by atoms with Crippen molar-refractivity contribution in [1.29, 1.82) is 0 Å². The fraction of sp³-hybridized carbons (Fsp3) is 0.889. The van der Waals surface area contributed by atoms with Crippen LogP contribution in [0.5, 0.6) is 0 Å². The summed E-state index contributed by atoms with van der Waals surface area (Å²) in [6.45, 7) is 1.65. The number of carbonyl (C=O) groups is 1. The van der Waals surface area contributed by atoms with E-state index in [1.807, 2.05) is 0 Å². The standard InChI is InChI=1S/C9H17NO2/c1-12-7-6-10-8-2-4-9(11)5-3-8/h8,10H,2-7H2,1H3. The molecule has 0 aromatic rings. The number of ether oxygens (including phenoxy) is 1. The second-order valence-electron chi connectivity index (χ2n) is 3.26. The first-order valence-electron chi connectivity index (χ1n) is 4.57. The Balaban J connectivity index is 2.05. The highest BCUT2D eigenvalue weighted by molar-refractivity contribution is 5.79. The van der Waals surface area contributed by atoms with Gasteiger partial charge in [-0.15, -0.1) is 0 Å². The third kappa shape index (κ3) is 3.32. The number of nitrogens with one attached hydrogen (secondary N) is 1. The third-order valence-corrected chi connectivity index (χ3v) is 2.28. The van der Waals surface area contributed by atoms with E-state index in [1.54, 1.807) is 7.11 Å². The van der Waals surface area contributed by atoms with Gasteiger partial charge in [0, 0.05) is 32.5 Å². The van der Waals surface area contributed by atoms with Crippen LogP contribution in [0.4, 0.5) is 0 Å². The van der Waals surface area contributed by atoms with Crippen molar-refractivity contribution >= 4 is 5.78 Å². The van der Waals surface area contributed by atoms with Crippen LogP contribution in [0.15, 0.2) is 0 Å². The van der Waals surface area contributed by atoms with Crippen molar-refractivity contribution < 1.29 is 9.53 Å². The van der Waals surface area contributed by atoms with Crippen LogP contribution < -0.4 is 5.32 Å². The normalized spacial score (nSPS) is 19.9. The molecule has 0 aliphatic heterocycles. The second kappa shape index (κ2) is 5.27. The Morgan fingerprint density at radius 3 is 2.75 bits per heavy atom. The maximum Gasteiger partial charge on any atom is 0.133 e. The molecule has 0 aromatic carbocycles. The summed E-state index contributed by atoms with van der Waals surface area (Å²) < 4.78 is 4.92. The monoisotopic (exact) mass is 171 g/mol. The topological polar surface area (TPSA) is 38.3 Å². The van der Waals surface area contributed by atoms with Gasteiger partial charge in [0.15, 0.2) is 0 Å². The van der Waals surface area contributed by atoms with Crippen LogP contribution in [0.1, 0.15) is 25.7 Å². The van der Waals surface area contributed by atoms with E-state index in [0.29, 0.717) is 11.8 Å². The minimum atomic E-state index is 0.416. The average molecular weight is 171 g/mol. The van der Waals surface area contributed by atoms with E-state index in [4.69, 9.17) is 4.74 Å². The molecule has 0 spiro atoms. The molecule has 0 aromatic heterocycles. The van der Waals surface area contributed by atoms with E-state index in [0.717, 1.165) is 38.8 Å². The average Bonchev–Trinajstić information content (AvgIpc) is 2.09. The van der Waals surface area contributed by atoms with Crippen LogP contribution >= 0.6 is 0 Å². The highest BCUT2D eigenvalue weighted by atomic mass is 16.5. The third-order valence-electron chi connectivity index (χ3n) is 2.28. The molecule has 0 amide bonds.